The number of benzene rings is 1. The number of aryl methyl sites for hydroxylation is 1. The summed E-state index contributed by atoms with van der Waals surface area (Å²) in [5.41, 5.74) is 1.13. The molecule has 1 saturated heterocycles. The standard InChI is InChI=1S/C15H19NO5/c1-11-3-5-12(6-4-11)21-10-14(17)16-7-8-20-13(9-16)15(18)19-2/h3-6,13H,7-10H2,1-2H3. The second kappa shape index (κ2) is 7.08. The van der Waals surface area contributed by atoms with Crippen LogP contribution in [0.15, 0.2) is 24.3 Å². The predicted molar refractivity (Wildman–Crippen MR) is 75.0 cm³/mol. The van der Waals surface area contributed by atoms with E-state index in [1.807, 2.05) is 31.2 Å². The number of esters is 1. The first kappa shape index (κ1) is 15.3. The summed E-state index contributed by atoms with van der Waals surface area (Å²) in [7, 11) is 1.30. The minimum Gasteiger partial charge on any atom is -0.484 e. The summed E-state index contributed by atoms with van der Waals surface area (Å²) in [6.07, 6.45) is -0.716. The van der Waals surface area contributed by atoms with Gasteiger partial charge in [-0.05, 0) is 19.1 Å². The number of amides is 1. The highest BCUT2D eigenvalue weighted by molar-refractivity contribution is 5.80. The molecule has 114 valence electrons. The number of nitrogens with zero attached hydrogens (tertiary/aromatic N) is 1. The highest BCUT2D eigenvalue weighted by Gasteiger charge is 2.29. The molecule has 1 aliphatic heterocycles. The Morgan fingerprint density at radius 2 is 2.05 bits per heavy atom. The van der Waals surface area contributed by atoms with Crippen molar-refractivity contribution in [3.05, 3.63) is 29.8 Å². The first-order chi connectivity index (χ1) is 10.1. The average Bonchev–Trinajstić information content (AvgIpc) is 2.53. The van der Waals surface area contributed by atoms with E-state index in [0.717, 1.165) is 5.56 Å². The van der Waals surface area contributed by atoms with Gasteiger partial charge in [0.15, 0.2) is 12.7 Å². The Hall–Kier alpha value is -2.08. The van der Waals surface area contributed by atoms with Crippen LogP contribution in [-0.4, -0.2) is 56.3 Å². The first-order valence-electron chi connectivity index (χ1n) is 6.77. The third-order valence-corrected chi connectivity index (χ3v) is 3.27. The summed E-state index contributed by atoms with van der Waals surface area (Å²) < 4.78 is 15.4. The van der Waals surface area contributed by atoms with Crippen molar-refractivity contribution in [2.24, 2.45) is 0 Å². The van der Waals surface area contributed by atoms with Gasteiger partial charge in [-0.3, -0.25) is 4.79 Å². The van der Waals surface area contributed by atoms with Crippen molar-refractivity contribution in [2.45, 2.75) is 13.0 Å². The molecule has 6 heteroatoms. The van der Waals surface area contributed by atoms with Crippen molar-refractivity contribution in [2.75, 3.05) is 33.4 Å². The molecule has 0 bridgehead atoms. The van der Waals surface area contributed by atoms with Gasteiger partial charge in [-0.1, -0.05) is 17.7 Å². The van der Waals surface area contributed by atoms with Crippen LogP contribution in [0.3, 0.4) is 0 Å². The number of ether oxygens (including phenoxy) is 3. The summed E-state index contributed by atoms with van der Waals surface area (Å²) in [4.78, 5) is 25.1. The van der Waals surface area contributed by atoms with Crippen molar-refractivity contribution >= 4 is 11.9 Å². The molecule has 6 nitrogen and oxygen atoms in total. The molecule has 1 heterocycles. The summed E-state index contributed by atoms with van der Waals surface area (Å²) in [6.45, 7) is 2.88. The topological polar surface area (TPSA) is 65.1 Å². The third-order valence-electron chi connectivity index (χ3n) is 3.27. The Balaban J connectivity index is 1.85. The van der Waals surface area contributed by atoms with Crippen LogP contribution in [0.2, 0.25) is 0 Å². The quantitative estimate of drug-likeness (QED) is 0.767. The lowest BCUT2D eigenvalue weighted by Crippen LogP contribution is -2.50. The fraction of sp³-hybridized carbons (Fsp3) is 0.467. The van der Waals surface area contributed by atoms with Crippen LogP contribution in [0.1, 0.15) is 5.56 Å². The number of rotatable bonds is 4. The van der Waals surface area contributed by atoms with Crippen molar-refractivity contribution in [3.8, 4) is 5.75 Å². The van der Waals surface area contributed by atoms with Gasteiger partial charge in [-0.25, -0.2) is 4.79 Å². The van der Waals surface area contributed by atoms with Gasteiger partial charge >= 0.3 is 5.97 Å². The van der Waals surface area contributed by atoms with Gasteiger partial charge in [-0.2, -0.15) is 0 Å². The molecule has 1 amide bonds. The number of carbonyl (C=O) groups is 2. The summed E-state index contributed by atoms with van der Waals surface area (Å²) in [5.74, 6) is 0.00598. The van der Waals surface area contributed by atoms with Crippen LogP contribution in [0, 0.1) is 6.92 Å². The van der Waals surface area contributed by atoms with Crippen LogP contribution in [-0.2, 0) is 19.1 Å². The van der Waals surface area contributed by atoms with Gasteiger partial charge in [0.05, 0.1) is 20.3 Å². The molecular formula is C15H19NO5. The van der Waals surface area contributed by atoms with Crippen LogP contribution in [0.5, 0.6) is 5.75 Å². The SMILES string of the molecule is COC(=O)C1CN(C(=O)COc2ccc(C)cc2)CCO1. The molecule has 2 rings (SSSR count). The van der Waals surface area contributed by atoms with Crippen molar-refractivity contribution in [3.63, 3.8) is 0 Å². The van der Waals surface area contributed by atoms with Crippen LogP contribution in [0.4, 0.5) is 0 Å². The number of hydrogen-bond donors (Lipinski definition) is 0. The molecule has 1 aliphatic rings. The van der Waals surface area contributed by atoms with E-state index >= 15 is 0 Å². The Morgan fingerprint density at radius 1 is 1.33 bits per heavy atom. The van der Waals surface area contributed by atoms with Crippen LogP contribution >= 0.6 is 0 Å². The maximum atomic E-state index is 12.1. The Labute approximate surface area is 123 Å². The van der Waals surface area contributed by atoms with E-state index in [1.165, 1.54) is 7.11 Å². The lowest BCUT2D eigenvalue weighted by molar-refractivity contribution is -0.163. The molecular weight excluding hydrogens is 274 g/mol. The third kappa shape index (κ3) is 4.19. The minimum absolute atomic E-state index is 0.0586. The van der Waals surface area contributed by atoms with E-state index in [2.05, 4.69) is 4.74 Å². The van der Waals surface area contributed by atoms with Gasteiger partial charge in [0.2, 0.25) is 0 Å². The molecule has 0 N–H and O–H groups in total. The van der Waals surface area contributed by atoms with Gasteiger partial charge in [-0.15, -0.1) is 0 Å². The Kier molecular flexibility index (Phi) is 5.16. The summed E-state index contributed by atoms with van der Waals surface area (Å²) in [6, 6.07) is 7.47. The molecule has 1 atom stereocenters. The maximum Gasteiger partial charge on any atom is 0.336 e. The second-order valence-electron chi connectivity index (χ2n) is 4.82. The zero-order chi connectivity index (χ0) is 15.2. The molecule has 0 aromatic heterocycles. The normalized spacial score (nSPS) is 18.2. The van der Waals surface area contributed by atoms with Crippen LogP contribution < -0.4 is 4.74 Å². The van der Waals surface area contributed by atoms with Gasteiger partial charge in [0, 0.05) is 6.54 Å². The fourth-order valence-corrected chi connectivity index (χ4v) is 2.02. The van der Waals surface area contributed by atoms with E-state index in [9.17, 15) is 9.59 Å². The van der Waals surface area contributed by atoms with Crippen LogP contribution in [0.25, 0.3) is 0 Å². The second-order valence-corrected chi connectivity index (χ2v) is 4.82. The molecule has 1 aromatic rings. The zero-order valence-corrected chi connectivity index (χ0v) is 12.2. The maximum absolute atomic E-state index is 12.1. The predicted octanol–water partition coefficient (Wildman–Crippen LogP) is 0.774. The van der Waals surface area contributed by atoms with Crippen molar-refractivity contribution < 1.29 is 23.8 Å². The lowest BCUT2D eigenvalue weighted by Gasteiger charge is -2.31. The highest BCUT2D eigenvalue weighted by atomic mass is 16.6. The molecule has 0 saturated carbocycles. The molecule has 1 unspecified atom stereocenters. The number of carbonyl (C=O) groups excluding carboxylic acids is 2. The zero-order valence-electron chi connectivity index (χ0n) is 12.2. The fourth-order valence-electron chi connectivity index (χ4n) is 2.02. The smallest absolute Gasteiger partial charge is 0.336 e. The largest absolute Gasteiger partial charge is 0.484 e. The van der Waals surface area contributed by atoms with Gasteiger partial charge < -0.3 is 19.1 Å². The highest BCUT2D eigenvalue weighted by Crippen LogP contribution is 2.12. The average molecular weight is 293 g/mol. The molecule has 1 fully saturated rings. The first-order valence-corrected chi connectivity index (χ1v) is 6.77. The summed E-state index contributed by atoms with van der Waals surface area (Å²) >= 11 is 0. The van der Waals surface area contributed by atoms with Crippen molar-refractivity contribution in [1.82, 2.24) is 4.90 Å². The molecule has 21 heavy (non-hydrogen) atoms. The number of methoxy groups -OCH3 is 1. The van der Waals surface area contributed by atoms with Gasteiger partial charge in [0.1, 0.15) is 5.75 Å². The number of hydrogen-bond acceptors (Lipinski definition) is 5. The van der Waals surface area contributed by atoms with Gasteiger partial charge in [0.25, 0.3) is 5.91 Å². The minimum atomic E-state index is -0.716. The van der Waals surface area contributed by atoms with E-state index in [0.29, 0.717) is 18.9 Å². The Morgan fingerprint density at radius 3 is 2.71 bits per heavy atom. The monoisotopic (exact) mass is 293 g/mol. The van der Waals surface area contributed by atoms with E-state index in [1.54, 1.807) is 4.90 Å². The number of morpholine rings is 1. The molecule has 1 aromatic carbocycles. The van der Waals surface area contributed by atoms with Crippen molar-refractivity contribution in [1.29, 1.82) is 0 Å². The lowest BCUT2D eigenvalue weighted by atomic mass is 10.2. The van der Waals surface area contributed by atoms with E-state index in [-0.39, 0.29) is 19.1 Å². The molecule has 0 spiro atoms. The molecule has 0 aliphatic carbocycles. The van der Waals surface area contributed by atoms with E-state index in [4.69, 9.17) is 9.47 Å². The Bertz CT molecular complexity index is 499. The van der Waals surface area contributed by atoms with E-state index < -0.39 is 12.1 Å². The summed E-state index contributed by atoms with van der Waals surface area (Å²) in [5, 5.41) is 0. The molecule has 0 radical (unpaired) electrons.